The average Bonchev–Trinajstić information content (AvgIpc) is 2.95. The Hall–Kier alpha value is -2.81. The number of carbonyl (C=O) groups is 1. The minimum absolute atomic E-state index is 0.111. The van der Waals surface area contributed by atoms with Gasteiger partial charge in [-0.2, -0.15) is 0 Å². The zero-order valence-electron chi connectivity index (χ0n) is 16.7. The molecule has 0 saturated heterocycles. The van der Waals surface area contributed by atoms with Gasteiger partial charge in [0.1, 0.15) is 23.5 Å². The lowest BCUT2D eigenvalue weighted by Crippen LogP contribution is -2.37. The van der Waals surface area contributed by atoms with Crippen molar-refractivity contribution in [1.82, 2.24) is 10.0 Å². The number of nitrogens with one attached hydrogen (secondary N) is 2. The fourth-order valence-electron chi connectivity index (χ4n) is 3.28. The summed E-state index contributed by atoms with van der Waals surface area (Å²) in [6.45, 7) is 3.55. The number of rotatable bonds is 7. The van der Waals surface area contributed by atoms with Gasteiger partial charge in [-0.05, 0) is 31.5 Å². The van der Waals surface area contributed by atoms with Crippen molar-refractivity contribution in [3.05, 3.63) is 65.2 Å². The van der Waals surface area contributed by atoms with Crippen LogP contribution in [0.4, 0.5) is 8.78 Å². The van der Waals surface area contributed by atoms with Crippen LogP contribution in [0.5, 0.6) is 0 Å². The maximum atomic E-state index is 14.0. The van der Waals surface area contributed by atoms with E-state index in [2.05, 4.69) is 15.0 Å². The summed E-state index contributed by atoms with van der Waals surface area (Å²) in [7, 11) is -3.72. The van der Waals surface area contributed by atoms with Gasteiger partial charge >= 0.3 is 0 Å². The van der Waals surface area contributed by atoms with E-state index < -0.39 is 39.6 Å². The molecule has 30 heavy (non-hydrogen) atoms. The Morgan fingerprint density at radius 3 is 2.63 bits per heavy atom. The topological polar surface area (TPSA) is 87.6 Å². The van der Waals surface area contributed by atoms with Gasteiger partial charge in [0.25, 0.3) is 10.0 Å². The number of hydrogen-bond donors (Lipinski definition) is 2. The van der Waals surface area contributed by atoms with Gasteiger partial charge in [-0.1, -0.05) is 38.0 Å². The molecule has 2 N–H and O–H groups in total. The molecule has 0 fully saturated rings. The van der Waals surface area contributed by atoms with E-state index in [0.29, 0.717) is 18.4 Å². The second-order valence-corrected chi connectivity index (χ2v) is 8.78. The summed E-state index contributed by atoms with van der Waals surface area (Å²) < 4.78 is 54.2. The normalized spacial score (nSPS) is 17.8. The second-order valence-electron chi connectivity index (χ2n) is 7.13. The fraction of sp³-hybridized carbons (Fsp3) is 0.333. The molecule has 9 heteroatoms. The van der Waals surface area contributed by atoms with Crippen molar-refractivity contribution in [2.45, 2.75) is 50.1 Å². The lowest BCUT2D eigenvalue weighted by molar-refractivity contribution is -0.123. The van der Waals surface area contributed by atoms with E-state index in [4.69, 9.17) is 0 Å². The number of halogens is 2. The van der Waals surface area contributed by atoms with Gasteiger partial charge in [0, 0.05) is 17.2 Å². The molecule has 160 valence electrons. The number of nitrogens with zero attached hydrogens (tertiary/aromatic N) is 1. The third-order valence-electron chi connectivity index (χ3n) is 4.87. The fourth-order valence-corrected chi connectivity index (χ4v) is 4.52. The van der Waals surface area contributed by atoms with Crippen molar-refractivity contribution in [2.24, 2.45) is 4.99 Å². The molecule has 0 radical (unpaired) electrons. The summed E-state index contributed by atoms with van der Waals surface area (Å²) >= 11 is 0. The first-order valence-corrected chi connectivity index (χ1v) is 11.2. The van der Waals surface area contributed by atoms with Crippen LogP contribution < -0.4 is 10.0 Å². The summed E-state index contributed by atoms with van der Waals surface area (Å²) in [5.41, 5.74) is 0.558. The number of hydrogen-bond acceptors (Lipinski definition) is 4. The standard InChI is InChI=1S/C21H23F2N3O3S/c1-3-4-8-18(21(27)24-13(2)15-11-10-14(22)12-17(15)23)25-20-16-7-5-6-9-19(16)30(28,29)26-20/h5-7,9-13,18H,3-4,8H2,1-2H3,(H,24,27)(H,25,26). The minimum Gasteiger partial charge on any atom is -0.348 e. The van der Waals surface area contributed by atoms with Gasteiger partial charge in [0.15, 0.2) is 0 Å². The van der Waals surface area contributed by atoms with Crippen molar-refractivity contribution < 1.29 is 22.0 Å². The van der Waals surface area contributed by atoms with Crippen LogP contribution in [0.15, 0.2) is 52.4 Å². The Morgan fingerprint density at radius 1 is 1.20 bits per heavy atom. The first-order valence-electron chi connectivity index (χ1n) is 9.68. The van der Waals surface area contributed by atoms with E-state index in [1.165, 1.54) is 12.1 Å². The van der Waals surface area contributed by atoms with Crippen LogP contribution in [0, 0.1) is 11.6 Å². The van der Waals surface area contributed by atoms with Crippen molar-refractivity contribution >= 4 is 21.8 Å². The first-order chi connectivity index (χ1) is 14.2. The third-order valence-corrected chi connectivity index (χ3v) is 6.27. The van der Waals surface area contributed by atoms with Crippen molar-refractivity contribution in [2.75, 3.05) is 0 Å². The van der Waals surface area contributed by atoms with Crippen molar-refractivity contribution in [3.8, 4) is 0 Å². The number of unbranched alkanes of at least 4 members (excludes halogenated alkanes) is 1. The summed E-state index contributed by atoms with van der Waals surface area (Å²) in [6.07, 6.45) is 1.91. The molecule has 1 aliphatic heterocycles. The van der Waals surface area contributed by atoms with E-state index in [9.17, 15) is 22.0 Å². The average molecular weight is 435 g/mol. The molecule has 1 amide bonds. The summed E-state index contributed by atoms with van der Waals surface area (Å²) in [4.78, 5) is 17.4. The number of sulfonamides is 1. The molecule has 0 spiro atoms. The predicted octanol–water partition coefficient (Wildman–Crippen LogP) is 3.44. The monoisotopic (exact) mass is 435 g/mol. The van der Waals surface area contributed by atoms with Gasteiger partial charge in [0.2, 0.25) is 5.91 Å². The number of benzene rings is 2. The molecular weight excluding hydrogens is 412 g/mol. The highest BCUT2D eigenvalue weighted by Gasteiger charge is 2.32. The Kier molecular flexibility index (Phi) is 6.50. The Balaban J connectivity index is 1.86. The molecule has 0 bridgehead atoms. The SMILES string of the molecule is CCCCC(N=C1NS(=O)(=O)c2ccccc21)C(=O)NC(C)c1ccc(F)cc1F. The largest absolute Gasteiger partial charge is 0.348 e. The molecule has 0 saturated carbocycles. The quantitative estimate of drug-likeness (QED) is 0.698. The highest BCUT2D eigenvalue weighted by atomic mass is 32.2. The second kappa shape index (κ2) is 8.91. The molecule has 3 rings (SSSR count). The number of carbonyl (C=O) groups excluding carboxylic acids is 1. The highest BCUT2D eigenvalue weighted by Crippen LogP contribution is 2.24. The van der Waals surface area contributed by atoms with Crippen LogP contribution in [0.2, 0.25) is 0 Å². The van der Waals surface area contributed by atoms with Gasteiger partial charge < -0.3 is 5.32 Å². The number of amides is 1. The molecular formula is C21H23F2N3O3S. The number of amidine groups is 1. The summed E-state index contributed by atoms with van der Waals surface area (Å²) in [5.74, 6) is -1.80. The Bertz CT molecular complexity index is 1090. The van der Waals surface area contributed by atoms with Gasteiger partial charge in [0.05, 0.1) is 10.9 Å². The van der Waals surface area contributed by atoms with Gasteiger partial charge in [-0.25, -0.2) is 17.2 Å². The molecule has 1 heterocycles. The van der Waals surface area contributed by atoms with Crippen LogP contribution in [-0.4, -0.2) is 26.2 Å². The van der Waals surface area contributed by atoms with Crippen molar-refractivity contribution in [3.63, 3.8) is 0 Å². The molecule has 0 aliphatic carbocycles. The van der Waals surface area contributed by atoms with E-state index in [-0.39, 0.29) is 16.3 Å². The molecule has 6 nitrogen and oxygen atoms in total. The molecule has 2 aromatic rings. The number of fused-ring (bicyclic) bond motifs is 1. The van der Waals surface area contributed by atoms with Crippen LogP contribution in [0.25, 0.3) is 0 Å². The molecule has 2 unspecified atom stereocenters. The smallest absolute Gasteiger partial charge is 0.263 e. The van der Waals surface area contributed by atoms with E-state index in [1.54, 1.807) is 25.1 Å². The van der Waals surface area contributed by atoms with Crippen molar-refractivity contribution in [1.29, 1.82) is 0 Å². The van der Waals surface area contributed by atoms with Crippen LogP contribution in [0.1, 0.15) is 50.3 Å². The number of aliphatic imine (C=N–C) groups is 1. The lowest BCUT2D eigenvalue weighted by atomic mass is 10.1. The molecule has 0 aromatic heterocycles. The highest BCUT2D eigenvalue weighted by molar-refractivity contribution is 7.90. The minimum atomic E-state index is -3.72. The van der Waals surface area contributed by atoms with E-state index >= 15 is 0 Å². The Labute approximate surface area is 174 Å². The third kappa shape index (κ3) is 4.67. The summed E-state index contributed by atoms with van der Waals surface area (Å²) in [5, 5.41) is 2.70. The molecule has 2 aromatic carbocycles. The predicted molar refractivity (Wildman–Crippen MR) is 110 cm³/mol. The maximum Gasteiger partial charge on any atom is 0.263 e. The maximum absolute atomic E-state index is 14.0. The zero-order chi connectivity index (χ0) is 21.9. The van der Waals surface area contributed by atoms with Crippen LogP contribution in [-0.2, 0) is 14.8 Å². The van der Waals surface area contributed by atoms with E-state index in [0.717, 1.165) is 18.6 Å². The van der Waals surface area contributed by atoms with Gasteiger partial charge in [-0.3, -0.25) is 14.5 Å². The lowest BCUT2D eigenvalue weighted by Gasteiger charge is -2.19. The van der Waals surface area contributed by atoms with E-state index in [1.807, 2.05) is 6.92 Å². The summed E-state index contributed by atoms with van der Waals surface area (Å²) in [6, 6.07) is 7.99. The molecule has 2 atom stereocenters. The molecule has 1 aliphatic rings. The van der Waals surface area contributed by atoms with Gasteiger partial charge in [-0.15, -0.1) is 0 Å². The first kappa shape index (κ1) is 21.9. The zero-order valence-corrected chi connectivity index (χ0v) is 17.5. The Morgan fingerprint density at radius 2 is 1.93 bits per heavy atom. The van der Waals surface area contributed by atoms with Crippen LogP contribution >= 0.6 is 0 Å². The van der Waals surface area contributed by atoms with Crippen LogP contribution in [0.3, 0.4) is 0 Å².